The maximum Gasteiger partial charge on any atom is 0.269 e. The van der Waals surface area contributed by atoms with E-state index < -0.39 is 0 Å². The van der Waals surface area contributed by atoms with Crippen LogP contribution in [0.15, 0.2) is 62.3 Å². The number of amidine groups is 1. The van der Waals surface area contributed by atoms with Crippen LogP contribution in [0.3, 0.4) is 0 Å². The lowest BCUT2D eigenvalue weighted by Crippen LogP contribution is -2.40. The highest BCUT2D eigenvalue weighted by atomic mass is 35.5. The number of fused-ring (bicyclic) bond motifs is 1. The molecule has 1 saturated heterocycles. The van der Waals surface area contributed by atoms with Crippen molar-refractivity contribution in [2.75, 3.05) is 19.1 Å². The Hall–Kier alpha value is -2.09. The van der Waals surface area contributed by atoms with Gasteiger partial charge in [-0.3, -0.25) is 9.69 Å². The molecule has 2 heterocycles. The van der Waals surface area contributed by atoms with Crippen molar-refractivity contribution in [1.29, 1.82) is 0 Å². The minimum atomic E-state index is 0.0452. The number of ether oxygens (including phenoxy) is 1. The number of carbonyl (C=O) groups is 1. The quantitative estimate of drug-likeness (QED) is 0.455. The summed E-state index contributed by atoms with van der Waals surface area (Å²) in [5.41, 5.74) is 1.76. The van der Waals surface area contributed by atoms with Crippen LogP contribution in [0.25, 0.3) is 0 Å². The van der Waals surface area contributed by atoms with Crippen molar-refractivity contribution in [2.45, 2.75) is 43.0 Å². The Labute approximate surface area is 201 Å². The van der Waals surface area contributed by atoms with E-state index in [-0.39, 0.29) is 11.9 Å². The standard InChI is InChI=1S/C24H24ClN3O2S2/c1-27-18-10-6-7-11-20(18)31-23(27)21-22(29)28(16-8-4-3-5-9-16)24(32-21)26-17-14-15(25)12-13-19(17)30-2/h6-7,10-14,16H,3-5,8-9H2,1-2H3/b23-21-,26-24?. The van der Waals surface area contributed by atoms with Gasteiger partial charge in [0, 0.05) is 23.0 Å². The first-order valence-electron chi connectivity index (χ1n) is 10.8. The number of hydrogen-bond acceptors (Lipinski definition) is 6. The largest absolute Gasteiger partial charge is 0.494 e. The minimum absolute atomic E-state index is 0.0452. The van der Waals surface area contributed by atoms with Crippen LogP contribution in [-0.2, 0) is 4.79 Å². The molecular formula is C24H24ClN3O2S2. The highest BCUT2D eigenvalue weighted by Crippen LogP contribution is 2.51. The zero-order chi connectivity index (χ0) is 22.2. The molecule has 0 aromatic heterocycles. The van der Waals surface area contributed by atoms with Crippen LogP contribution < -0.4 is 9.64 Å². The molecule has 3 aliphatic rings. The topological polar surface area (TPSA) is 45.1 Å². The second kappa shape index (κ2) is 9.04. The van der Waals surface area contributed by atoms with Gasteiger partial charge < -0.3 is 9.64 Å². The van der Waals surface area contributed by atoms with Gasteiger partial charge in [-0.15, -0.1) is 0 Å². The Balaban J connectivity index is 1.58. The first kappa shape index (κ1) is 21.7. The van der Waals surface area contributed by atoms with Crippen molar-refractivity contribution in [3.63, 3.8) is 0 Å². The summed E-state index contributed by atoms with van der Waals surface area (Å²) in [7, 11) is 3.64. The lowest BCUT2D eigenvalue weighted by Gasteiger charge is -2.30. The third kappa shape index (κ3) is 3.91. The number of aliphatic imine (C=N–C) groups is 1. The third-order valence-corrected chi connectivity index (χ3v) is 8.68. The first-order chi connectivity index (χ1) is 15.6. The average Bonchev–Trinajstić information content (AvgIpc) is 3.31. The van der Waals surface area contributed by atoms with E-state index in [0.29, 0.717) is 21.6 Å². The van der Waals surface area contributed by atoms with Gasteiger partial charge >= 0.3 is 0 Å². The molecule has 166 valence electrons. The van der Waals surface area contributed by atoms with E-state index in [0.717, 1.165) is 46.2 Å². The normalized spacial score (nSPS) is 22.7. The summed E-state index contributed by atoms with van der Waals surface area (Å²) in [6.07, 6.45) is 5.51. The molecule has 2 aliphatic heterocycles. The zero-order valence-electron chi connectivity index (χ0n) is 18.0. The Bertz CT molecular complexity index is 1130. The molecule has 2 aromatic rings. The summed E-state index contributed by atoms with van der Waals surface area (Å²) in [6, 6.07) is 13.8. The molecule has 1 aliphatic carbocycles. The second-order valence-corrected chi connectivity index (χ2v) is 10.5. The van der Waals surface area contributed by atoms with Crippen LogP contribution in [0.1, 0.15) is 32.1 Å². The minimum Gasteiger partial charge on any atom is -0.494 e. The fourth-order valence-corrected chi connectivity index (χ4v) is 6.97. The molecule has 8 heteroatoms. The molecule has 32 heavy (non-hydrogen) atoms. The summed E-state index contributed by atoms with van der Waals surface area (Å²) in [5, 5.41) is 2.25. The van der Waals surface area contributed by atoms with Gasteiger partial charge in [0.25, 0.3) is 5.91 Å². The summed E-state index contributed by atoms with van der Waals surface area (Å²) in [4.78, 5) is 24.6. The number of thioether (sulfide) groups is 2. The van der Waals surface area contributed by atoms with Gasteiger partial charge in [-0.2, -0.15) is 0 Å². The highest BCUT2D eigenvalue weighted by molar-refractivity contribution is 8.19. The van der Waals surface area contributed by atoms with E-state index in [1.807, 2.05) is 30.1 Å². The average molecular weight is 486 g/mol. The molecule has 0 bridgehead atoms. The van der Waals surface area contributed by atoms with Crippen LogP contribution in [0.2, 0.25) is 5.02 Å². The summed E-state index contributed by atoms with van der Waals surface area (Å²) < 4.78 is 5.50. The predicted molar refractivity (Wildman–Crippen MR) is 134 cm³/mol. The molecular weight excluding hydrogens is 462 g/mol. The van der Waals surface area contributed by atoms with Crippen molar-refractivity contribution < 1.29 is 9.53 Å². The Morgan fingerprint density at radius 3 is 2.62 bits per heavy atom. The lowest BCUT2D eigenvalue weighted by molar-refractivity contribution is -0.124. The van der Waals surface area contributed by atoms with Crippen molar-refractivity contribution in [1.82, 2.24) is 4.90 Å². The molecule has 5 nitrogen and oxygen atoms in total. The lowest BCUT2D eigenvalue weighted by atomic mass is 9.94. The van der Waals surface area contributed by atoms with Gasteiger partial charge in [0.2, 0.25) is 0 Å². The van der Waals surface area contributed by atoms with Crippen LogP contribution >= 0.6 is 35.1 Å². The van der Waals surface area contributed by atoms with Crippen LogP contribution in [0, 0.1) is 0 Å². The molecule has 2 aromatic carbocycles. The number of methoxy groups -OCH3 is 1. The number of para-hydroxylation sites is 1. The Kier molecular flexibility index (Phi) is 6.14. The van der Waals surface area contributed by atoms with Gasteiger partial charge in [0.1, 0.15) is 16.3 Å². The first-order valence-corrected chi connectivity index (χ1v) is 12.8. The maximum atomic E-state index is 13.8. The fraction of sp³-hybridized carbons (Fsp3) is 0.333. The predicted octanol–water partition coefficient (Wildman–Crippen LogP) is 6.66. The molecule has 0 atom stereocenters. The molecule has 0 unspecified atom stereocenters. The smallest absolute Gasteiger partial charge is 0.269 e. The highest BCUT2D eigenvalue weighted by Gasteiger charge is 2.42. The number of amides is 1. The molecule has 0 N–H and O–H groups in total. The molecule has 5 rings (SSSR count). The van der Waals surface area contributed by atoms with Crippen LogP contribution in [-0.4, -0.2) is 36.2 Å². The molecule has 1 amide bonds. The number of rotatable bonds is 3. The van der Waals surface area contributed by atoms with Crippen molar-refractivity contribution in [3.8, 4) is 5.75 Å². The summed E-state index contributed by atoms with van der Waals surface area (Å²) in [6.45, 7) is 0. The number of carbonyl (C=O) groups excluding carboxylic acids is 1. The fourth-order valence-electron chi connectivity index (χ4n) is 4.41. The van der Waals surface area contributed by atoms with Gasteiger partial charge in [-0.1, -0.05) is 54.8 Å². The van der Waals surface area contributed by atoms with E-state index in [4.69, 9.17) is 21.3 Å². The van der Waals surface area contributed by atoms with Gasteiger partial charge in [0.05, 0.1) is 17.8 Å². The van der Waals surface area contributed by atoms with E-state index in [1.54, 1.807) is 31.0 Å². The van der Waals surface area contributed by atoms with Crippen molar-refractivity contribution >= 4 is 57.6 Å². The van der Waals surface area contributed by atoms with E-state index in [1.165, 1.54) is 18.2 Å². The Morgan fingerprint density at radius 1 is 1.09 bits per heavy atom. The molecule has 0 radical (unpaired) electrons. The molecule has 0 spiro atoms. The maximum absolute atomic E-state index is 13.8. The van der Waals surface area contributed by atoms with Gasteiger partial charge in [0.15, 0.2) is 5.17 Å². The number of hydrogen-bond donors (Lipinski definition) is 0. The molecule has 2 fully saturated rings. The van der Waals surface area contributed by atoms with Crippen molar-refractivity contribution in [3.05, 3.63) is 57.4 Å². The number of benzene rings is 2. The molecule has 1 saturated carbocycles. The number of nitrogens with zero attached hydrogens (tertiary/aromatic N) is 3. The summed E-state index contributed by atoms with van der Waals surface area (Å²) in [5.74, 6) is 0.684. The van der Waals surface area contributed by atoms with Crippen molar-refractivity contribution in [2.24, 2.45) is 4.99 Å². The van der Waals surface area contributed by atoms with E-state index >= 15 is 0 Å². The zero-order valence-corrected chi connectivity index (χ0v) is 20.4. The van der Waals surface area contributed by atoms with Gasteiger partial charge in [-0.05, 0) is 54.9 Å². The monoisotopic (exact) mass is 485 g/mol. The third-order valence-electron chi connectivity index (χ3n) is 6.04. The number of halogens is 1. The van der Waals surface area contributed by atoms with E-state index in [2.05, 4.69) is 17.0 Å². The van der Waals surface area contributed by atoms with E-state index in [9.17, 15) is 4.79 Å². The Morgan fingerprint density at radius 2 is 1.88 bits per heavy atom. The summed E-state index contributed by atoms with van der Waals surface area (Å²) >= 11 is 9.35. The number of anilines is 1. The van der Waals surface area contributed by atoms with Gasteiger partial charge in [-0.25, -0.2) is 4.99 Å². The van der Waals surface area contributed by atoms with Crippen LogP contribution in [0.4, 0.5) is 11.4 Å². The second-order valence-electron chi connectivity index (χ2n) is 8.04. The SMILES string of the molecule is COc1ccc(Cl)cc1N=C1S/C(=C2\Sc3ccccc3N2C)C(=O)N1C1CCCCC1. The van der Waals surface area contributed by atoms with Crippen LogP contribution in [0.5, 0.6) is 5.75 Å².